The fourth-order valence-corrected chi connectivity index (χ4v) is 2.24. The fourth-order valence-electron chi connectivity index (χ4n) is 2.06. The minimum Gasteiger partial charge on any atom is -0.352 e. The Morgan fingerprint density at radius 2 is 1.68 bits per heavy atom. The summed E-state index contributed by atoms with van der Waals surface area (Å²) in [6.45, 7) is 3.97. The molecule has 0 fully saturated rings. The summed E-state index contributed by atoms with van der Waals surface area (Å²) >= 11 is 6.02. The van der Waals surface area contributed by atoms with Crippen LogP contribution < -0.4 is 5.32 Å². The summed E-state index contributed by atoms with van der Waals surface area (Å²) in [6, 6.07) is 12.7. The van der Waals surface area contributed by atoms with Crippen LogP contribution in [0, 0.1) is 6.92 Å². The molecular weight excluding hydrogens is 298 g/mol. The lowest BCUT2D eigenvalue weighted by molar-refractivity contribution is 0.0953. The molecule has 0 atom stereocenters. The number of ketones is 1. The Morgan fingerprint density at radius 3 is 2.27 bits per heavy atom. The average molecular weight is 316 g/mol. The molecular formula is C18H18ClNO2. The van der Waals surface area contributed by atoms with Crippen molar-refractivity contribution in [2.45, 2.75) is 20.3 Å². The van der Waals surface area contributed by atoms with E-state index < -0.39 is 0 Å². The van der Waals surface area contributed by atoms with E-state index in [4.69, 9.17) is 11.6 Å². The van der Waals surface area contributed by atoms with E-state index in [1.807, 2.05) is 25.1 Å². The molecule has 0 aliphatic carbocycles. The Balaban J connectivity index is 1.88. The maximum Gasteiger partial charge on any atom is 0.251 e. The Hall–Kier alpha value is -2.13. The Morgan fingerprint density at radius 1 is 1.05 bits per heavy atom. The molecule has 1 N–H and O–H groups in total. The van der Waals surface area contributed by atoms with Crippen LogP contribution >= 0.6 is 11.6 Å². The summed E-state index contributed by atoms with van der Waals surface area (Å²) in [5.41, 5.74) is 3.28. The van der Waals surface area contributed by atoms with Gasteiger partial charge in [0.2, 0.25) is 0 Å². The first kappa shape index (κ1) is 16.2. The number of benzene rings is 2. The van der Waals surface area contributed by atoms with Crippen molar-refractivity contribution in [3.8, 4) is 0 Å². The smallest absolute Gasteiger partial charge is 0.251 e. The van der Waals surface area contributed by atoms with Crippen molar-refractivity contribution in [2.75, 3.05) is 6.54 Å². The first-order chi connectivity index (χ1) is 10.5. The third-order valence-corrected chi connectivity index (χ3v) is 3.90. The molecule has 114 valence electrons. The largest absolute Gasteiger partial charge is 0.352 e. The summed E-state index contributed by atoms with van der Waals surface area (Å²) in [5.74, 6) is -0.0849. The highest BCUT2D eigenvalue weighted by molar-refractivity contribution is 6.31. The van der Waals surface area contributed by atoms with Crippen LogP contribution in [0.1, 0.15) is 38.8 Å². The zero-order valence-corrected chi connectivity index (χ0v) is 13.4. The van der Waals surface area contributed by atoms with Crippen molar-refractivity contribution in [2.24, 2.45) is 0 Å². The van der Waals surface area contributed by atoms with E-state index in [1.165, 1.54) is 0 Å². The molecule has 2 rings (SSSR count). The van der Waals surface area contributed by atoms with E-state index in [0.717, 1.165) is 11.1 Å². The molecule has 22 heavy (non-hydrogen) atoms. The van der Waals surface area contributed by atoms with Gasteiger partial charge in [0.15, 0.2) is 5.78 Å². The van der Waals surface area contributed by atoms with Crippen LogP contribution in [0.5, 0.6) is 0 Å². The van der Waals surface area contributed by atoms with Crippen LogP contribution in [0.4, 0.5) is 0 Å². The van der Waals surface area contributed by atoms with Gasteiger partial charge in [-0.3, -0.25) is 9.59 Å². The van der Waals surface area contributed by atoms with Gasteiger partial charge in [-0.25, -0.2) is 0 Å². The zero-order valence-electron chi connectivity index (χ0n) is 12.7. The van der Waals surface area contributed by atoms with Crippen molar-refractivity contribution in [3.63, 3.8) is 0 Å². The molecule has 0 aromatic heterocycles. The van der Waals surface area contributed by atoms with E-state index in [2.05, 4.69) is 5.32 Å². The predicted octanol–water partition coefficient (Wildman–Crippen LogP) is 3.82. The van der Waals surface area contributed by atoms with E-state index in [9.17, 15) is 9.59 Å². The number of carbonyl (C=O) groups excluding carboxylic acids is 2. The van der Waals surface area contributed by atoms with E-state index in [0.29, 0.717) is 29.1 Å². The summed E-state index contributed by atoms with van der Waals surface area (Å²) in [7, 11) is 0. The second-order valence-electron chi connectivity index (χ2n) is 5.22. The van der Waals surface area contributed by atoms with Crippen molar-refractivity contribution in [3.05, 3.63) is 69.7 Å². The quantitative estimate of drug-likeness (QED) is 0.852. The standard InChI is InChI=1S/C18H18ClNO2/c1-12-3-6-16(11-17(12)19)18(22)20-10-9-14-4-7-15(8-5-14)13(2)21/h3-8,11H,9-10H2,1-2H3,(H,20,22). The SMILES string of the molecule is CC(=O)c1ccc(CCNC(=O)c2ccc(C)c(Cl)c2)cc1. The lowest BCUT2D eigenvalue weighted by Gasteiger charge is -2.07. The number of carbonyl (C=O) groups is 2. The number of hydrogen-bond donors (Lipinski definition) is 1. The Labute approximate surface area is 135 Å². The molecule has 0 aliphatic rings. The molecule has 0 spiro atoms. The molecule has 3 nitrogen and oxygen atoms in total. The topological polar surface area (TPSA) is 46.2 Å². The van der Waals surface area contributed by atoms with Gasteiger partial charge in [-0.05, 0) is 43.5 Å². The van der Waals surface area contributed by atoms with Crippen molar-refractivity contribution >= 4 is 23.3 Å². The van der Waals surface area contributed by atoms with Crippen molar-refractivity contribution in [1.29, 1.82) is 0 Å². The van der Waals surface area contributed by atoms with E-state index >= 15 is 0 Å². The third-order valence-electron chi connectivity index (χ3n) is 3.49. The van der Waals surface area contributed by atoms with Crippen LogP contribution in [-0.4, -0.2) is 18.2 Å². The van der Waals surface area contributed by atoms with E-state index in [-0.39, 0.29) is 11.7 Å². The normalized spacial score (nSPS) is 10.3. The molecule has 2 aromatic carbocycles. The highest BCUT2D eigenvalue weighted by Gasteiger charge is 2.07. The van der Waals surface area contributed by atoms with Gasteiger partial charge in [0, 0.05) is 22.7 Å². The maximum absolute atomic E-state index is 12.0. The second-order valence-corrected chi connectivity index (χ2v) is 5.63. The van der Waals surface area contributed by atoms with Crippen LogP contribution in [0.15, 0.2) is 42.5 Å². The summed E-state index contributed by atoms with van der Waals surface area (Å²) in [5, 5.41) is 3.46. The first-order valence-electron chi connectivity index (χ1n) is 7.11. The number of rotatable bonds is 5. The monoisotopic (exact) mass is 315 g/mol. The van der Waals surface area contributed by atoms with Gasteiger partial charge in [0.1, 0.15) is 0 Å². The number of nitrogens with one attached hydrogen (secondary N) is 1. The fraction of sp³-hybridized carbons (Fsp3) is 0.222. The average Bonchev–Trinajstić information content (AvgIpc) is 2.50. The maximum atomic E-state index is 12.0. The third kappa shape index (κ3) is 4.18. The molecule has 0 unspecified atom stereocenters. The molecule has 0 radical (unpaired) electrons. The number of aryl methyl sites for hydroxylation is 1. The number of halogens is 1. The van der Waals surface area contributed by atoms with Crippen LogP contribution in [0.3, 0.4) is 0 Å². The van der Waals surface area contributed by atoms with Crippen molar-refractivity contribution in [1.82, 2.24) is 5.32 Å². The summed E-state index contributed by atoms with van der Waals surface area (Å²) in [6.07, 6.45) is 0.712. The molecule has 1 amide bonds. The summed E-state index contributed by atoms with van der Waals surface area (Å²) in [4.78, 5) is 23.2. The van der Waals surface area contributed by atoms with Gasteiger partial charge in [-0.2, -0.15) is 0 Å². The molecule has 0 heterocycles. The minimum absolute atomic E-state index is 0.0519. The number of amides is 1. The van der Waals surface area contributed by atoms with Gasteiger partial charge >= 0.3 is 0 Å². The Bertz CT molecular complexity index is 693. The van der Waals surface area contributed by atoms with E-state index in [1.54, 1.807) is 31.2 Å². The molecule has 0 saturated carbocycles. The van der Waals surface area contributed by atoms with Crippen LogP contribution in [-0.2, 0) is 6.42 Å². The lowest BCUT2D eigenvalue weighted by Crippen LogP contribution is -2.25. The van der Waals surface area contributed by atoms with Gasteiger partial charge in [-0.15, -0.1) is 0 Å². The van der Waals surface area contributed by atoms with Crippen LogP contribution in [0.2, 0.25) is 5.02 Å². The first-order valence-corrected chi connectivity index (χ1v) is 7.49. The summed E-state index contributed by atoms with van der Waals surface area (Å²) < 4.78 is 0. The number of hydrogen-bond acceptors (Lipinski definition) is 2. The highest BCUT2D eigenvalue weighted by Crippen LogP contribution is 2.16. The van der Waals surface area contributed by atoms with Gasteiger partial charge in [-0.1, -0.05) is 41.9 Å². The van der Waals surface area contributed by atoms with Crippen LogP contribution in [0.25, 0.3) is 0 Å². The zero-order chi connectivity index (χ0) is 16.1. The molecule has 0 aliphatic heterocycles. The minimum atomic E-state index is -0.137. The lowest BCUT2D eigenvalue weighted by atomic mass is 10.1. The van der Waals surface area contributed by atoms with Gasteiger partial charge in [0.05, 0.1) is 0 Å². The molecule has 2 aromatic rings. The predicted molar refractivity (Wildman–Crippen MR) is 88.7 cm³/mol. The van der Waals surface area contributed by atoms with Gasteiger partial charge in [0.25, 0.3) is 5.91 Å². The second kappa shape index (κ2) is 7.23. The molecule has 0 saturated heterocycles. The number of Topliss-reactive ketones (excluding diaryl/α,β-unsaturated/α-hetero) is 1. The van der Waals surface area contributed by atoms with Crippen molar-refractivity contribution < 1.29 is 9.59 Å². The highest BCUT2D eigenvalue weighted by atomic mass is 35.5. The Kier molecular flexibility index (Phi) is 5.34. The molecule has 0 bridgehead atoms. The molecule has 4 heteroatoms. The van der Waals surface area contributed by atoms with Gasteiger partial charge < -0.3 is 5.32 Å².